The van der Waals surface area contributed by atoms with Gasteiger partial charge in [-0.05, 0) is 59.4 Å². The van der Waals surface area contributed by atoms with Gasteiger partial charge in [-0.2, -0.15) is 0 Å². The summed E-state index contributed by atoms with van der Waals surface area (Å²) < 4.78 is 14.0. The lowest BCUT2D eigenvalue weighted by atomic mass is 9.73. The van der Waals surface area contributed by atoms with E-state index in [4.69, 9.17) is 9.47 Å². The van der Waals surface area contributed by atoms with E-state index in [9.17, 15) is 0 Å². The summed E-state index contributed by atoms with van der Waals surface area (Å²) in [6.45, 7) is 12.9. The van der Waals surface area contributed by atoms with Gasteiger partial charge in [-0.15, -0.1) is 0 Å². The van der Waals surface area contributed by atoms with Crippen LogP contribution in [0.4, 0.5) is 0 Å². The third-order valence-corrected chi connectivity index (χ3v) is 7.60. The second-order valence-electron chi connectivity index (χ2n) is 10.8. The minimum absolute atomic E-state index is 0. The number of hydrogen-bond donors (Lipinski definition) is 0. The van der Waals surface area contributed by atoms with E-state index < -0.39 is 5.60 Å². The van der Waals surface area contributed by atoms with Crippen molar-refractivity contribution in [3.05, 3.63) is 65.7 Å². The first-order chi connectivity index (χ1) is 15.1. The molecule has 2 heterocycles. The molecule has 33 heavy (non-hydrogen) atoms. The summed E-state index contributed by atoms with van der Waals surface area (Å²) in [7, 11) is 2.31. The van der Waals surface area contributed by atoms with Gasteiger partial charge >= 0.3 is 0 Å². The van der Waals surface area contributed by atoms with E-state index in [2.05, 4.69) is 102 Å². The van der Waals surface area contributed by atoms with E-state index in [1.807, 2.05) is 6.07 Å². The minimum Gasteiger partial charge on any atom is -1.00 e. The molecule has 0 aliphatic carbocycles. The molecule has 2 aromatic carbocycles. The fraction of sp³-hybridized carbons (Fsp3) is 0.517. The first kappa shape index (κ1) is 26.1. The second-order valence-corrected chi connectivity index (χ2v) is 10.8. The molecule has 4 atom stereocenters. The van der Waals surface area contributed by atoms with Crippen LogP contribution >= 0.6 is 0 Å². The maximum absolute atomic E-state index is 6.77. The molecule has 4 heteroatoms. The topological polar surface area (TPSA) is 18.5 Å². The van der Waals surface area contributed by atoms with Gasteiger partial charge in [0.05, 0.1) is 19.2 Å². The summed E-state index contributed by atoms with van der Waals surface area (Å²) in [4.78, 5) is 0. The monoisotopic (exact) mass is 559 g/mol. The molecule has 2 aliphatic rings. The highest BCUT2D eigenvalue weighted by Gasteiger charge is 2.50. The Morgan fingerprint density at radius 2 is 1.70 bits per heavy atom. The summed E-state index contributed by atoms with van der Waals surface area (Å²) >= 11 is 0. The molecule has 0 aromatic heterocycles. The summed E-state index contributed by atoms with van der Waals surface area (Å²) in [6, 6.07) is 19.5. The Hall–Kier alpha value is -1.55. The Morgan fingerprint density at radius 1 is 1.03 bits per heavy atom. The van der Waals surface area contributed by atoms with Crippen LogP contribution in [0, 0.1) is 17.8 Å². The van der Waals surface area contributed by atoms with E-state index in [-0.39, 0.29) is 35.7 Å². The average Bonchev–Trinajstić information content (AvgIpc) is 2.73. The van der Waals surface area contributed by atoms with Gasteiger partial charge in [-0.25, -0.2) is 0 Å². The molecule has 2 aromatic rings. The Kier molecular flexibility index (Phi) is 7.88. The smallest absolute Gasteiger partial charge is 0.141 e. The van der Waals surface area contributed by atoms with Gasteiger partial charge in [-0.1, -0.05) is 54.5 Å². The van der Waals surface area contributed by atoms with Crippen LogP contribution in [0.25, 0.3) is 0 Å². The zero-order chi connectivity index (χ0) is 23.0. The maximum Gasteiger partial charge on any atom is 0.141 e. The number of quaternary nitrogens is 1. The lowest BCUT2D eigenvalue weighted by Gasteiger charge is -2.50. The Morgan fingerprint density at radius 3 is 2.39 bits per heavy atom. The van der Waals surface area contributed by atoms with E-state index in [1.54, 1.807) is 0 Å². The Bertz CT molecular complexity index is 1010. The van der Waals surface area contributed by atoms with Crippen LogP contribution in [-0.2, 0) is 11.3 Å². The van der Waals surface area contributed by atoms with E-state index in [0.717, 1.165) is 41.7 Å². The number of halogens is 1. The van der Waals surface area contributed by atoms with Crippen molar-refractivity contribution in [3.8, 4) is 17.6 Å². The number of para-hydroxylation sites is 1. The van der Waals surface area contributed by atoms with Crippen LogP contribution in [0.3, 0.4) is 0 Å². The number of rotatable bonds is 4. The van der Waals surface area contributed by atoms with Crippen LogP contribution in [0.15, 0.2) is 54.6 Å². The molecule has 178 valence electrons. The highest BCUT2D eigenvalue weighted by Crippen LogP contribution is 2.52. The second kappa shape index (κ2) is 9.98. The van der Waals surface area contributed by atoms with Crippen molar-refractivity contribution in [3.63, 3.8) is 0 Å². The predicted molar refractivity (Wildman–Crippen MR) is 130 cm³/mol. The van der Waals surface area contributed by atoms with Crippen molar-refractivity contribution in [1.82, 2.24) is 0 Å². The maximum atomic E-state index is 6.77. The first-order valence-electron chi connectivity index (χ1n) is 12.0. The molecule has 1 fully saturated rings. The van der Waals surface area contributed by atoms with Crippen molar-refractivity contribution in [2.45, 2.75) is 77.4 Å². The van der Waals surface area contributed by atoms with Gasteiger partial charge in [0.15, 0.2) is 0 Å². The quantitative estimate of drug-likeness (QED) is 0.326. The fourth-order valence-corrected chi connectivity index (χ4v) is 5.08. The van der Waals surface area contributed by atoms with Gasteiger partial charge in [0.1, 0.15) is 30.0 Å². The third kappa shape index (κ3) is 5.58. The van der Waals surface area contributed by atoms with Crippen LogP contribution in [0.5, 0.6) is 5.75 Å². The molecule has 4 rings (SSSR count). The highest BCUT2D eigenvalue weighted by atomic mass is 127. The fourth-order valence-electron chi connectivity index (χ4n) is 5.08. The molecule has 2 aliphatic heterocycles. The largest absolute Gasteiger partial charge is 1.00 e. The van der Waals surface area contributed by atoms with Crippen molar-refractivity contribution < 1.29 is 37.9 Å². The van der Waals surface area contributed by atoms with Gasteiger partial charge in [-0.3, -0.25) is 0 Å². The highest BCUT2D eigenvalue weighted by molar-refractivity contribution is 5.39. The number of benzene rings is 2. The lowest BCUT2D eigenvalue weighted by Crippen LogP contribution is -3.00. The van der Waals surface area contributed by atoms with E-state index in [0.29, 0.717) is 12.0 Å². The summed E-state index contributed by atoms with van der Waals surface area (Å²) in [5.74, 6) is 8.38. The zero-order valence-corrected chi connectivity index (χ0v) is 23.1. The number of nitrogens with zero attached hydrogens (tertiary/aromatic N) is 1. The van der Waals surface area contributed by atoms with Crippen molar-refractivity contribution in [2.24, 2.45) is 5.92 Å². The number of hydrogen-bond acceptors (Lipinski definition) is 2. The van der Waals surface area contributed by atoms with Crippen LogP contribution in [0.1, 0.15) is 64.7 Å². The first-order valence-corrected chi connectivity index (χ1v) is 12.0. The lowest BCUT2D eigenvalue weighted by molar-refractivity contribution is -0.936. The average molecular weight is 560 g/mol. The zero-order valence-electron chi connectivity index (χ0n) is 20.9. The Balaban J connectivity index is 0.00000306. The molecule has 4 unspecified atom stereocenters. The normalized spacial score (nSPS) is 27.0. The molecule has 0 N–H and O–H groups in total. The molecule has 1 saturated heterocycles. The number of ether oxygens (including phenoxy) is 2. The summed E-state index contributed by atoms with van der Waals surface area (Å²) in [6.07, 6.45) is 2.01. The molecule has 0 amide bonds. The van der Waals surface area contributed by atoms with Crippen LogP contribution in [-0.4, -0.2) is 35.3 Å². The minimum atomic E-state index is -0.434. The molecule has 0 radical (unpaired) electrons. The van der Waals surface area contributed by atoms with Crippen molar-refractivity contribution in [2.75, 3.05) is 13.6 Å². The van der Waals surface area contributed by atoms with Gasteiger partial charge in [0, 0.05) is 17.0 Å². The van der Waals surface area contributed by atoms with Crippen LogP contribution in [0.2, 0.25) is 0 Å². The van der Waals surface area contributed by atoms with E-state index >= 15 is 0 Å². The SMILES string of the molecule is CC(C)[N+](C)(CC#CC1(C)CCC2C(O1)c1ccccc1OC2(C)C)Cc1ccccc1.[I-]. The molecule has 0 bridgehead atoms. The molecular weight excluding hydrogens is 521 g/mol. The van der Waals surface area contributed by atoms with Gasteiger partial charge in [0.25, 0.3) is 0 Å². The summed E-state index contributed by atoms with van der Waals surface area (Å²) in [5, 5.41) is 0. The van der Waals surface area contributed by atoms with Crippen LogP contribution < -0.4 is 28.7 Å². The predicted octanol–water partition coefficient (Wildman–Crippen LogP) is 3.15. The molecule has 3 nitrogen and oxygen atoms in total. The van der Waals surface area contributed by atoms with Gasteiger partial charge in [0.2, 0.25) is 0 Å². The summed E-state index contributed by atoms with van der Waals surface area (Å²) in [5.41, 5.74) is 1.85. The molecule has 0 saturated carbocycles. The standard InChI is InChI=1S/C29H38NO2.HI/c1-22(2)30(6,21-23-13-8-7-9-14-23)20-12-18-29(5)19-17-25-27(32-29)24-15-10-11-16-26(24)31-28(25,3)4;/h7-11,13-16,22,25,27H,17,19-21H2,1-6H3;1H/q+1;/p-1. The molecule has 0 spiro atoms. The molecular formula is C29H38INO2. The van der Waals surface area contributed by atoms with E-state index in [1.165, 1.54) is 5.56 Å². The van der Waals surface area contributed by atoms with Gasteiger partial charge < -0.3 is 37.9 Å². The third-order valence-electron chi connectivity index (χ3n) is 7.60. The number of fused-ring (bicyclic) bond motifs is 3. The van der Waals surface area contributed by atoms with Crippen molar-refractivity contribution >= 4 is 0 Å². The van der Waals surface area contributed by atoms with Crippen molar-refractivity contribution in [1.29, 1.82) is 0 Å². The Labute approximate surface area is 217 Å².